The minimum Gasteiger partial charge on any atom is -0.493 e. The van der Waals surface area contributed by atoms with Crippen LogP contribution in [0.2, 0.25) is 0 Å². The van der Waals surface area contributed by atoms with Crippen molar-refractivity contribution in [3.63, 3.8) is 0 Å². The van der Waals surface area contributed by atoms with Gasteiger partial charge in [-0.2, -0.15) is 0 Å². The molecule has 6 nitrogen and oxygen atoms in total. The van der Waals surface area contributed by atoms with Crippen molar-refractivity contribution in [2.24, 2.45) is 0 Å². The lowest BCUT2D eigenvalue weighted by Gasteiger charge is -2.29. The Morgan fingerprint density at radius 1 is 1.26 bits per heavy atom. The molecule has 0 bridgehead atoms. The predicted molar refractivity (Wildman–Crippen MR) is 83.3 cm³/mol. The number of aryl methyl sites for hydroxylation is 1. The van der Waals surface area contributed by atoms with E-state index in [1.165, 1.54) is 0 Å². The highest BCUT2D eigenvalue weighted by atomic mass is 16.6. The van der Waals surface area contributed by atoms with E-state index in [0.717, 1.165) is 11.3 Å². The standard InChI is InChI=1S/C17H19NO5/c1-10-12(4-5-16(18-10)21-3)15-9-22-14-7-11(8-19)6-13(20-2)17(14)23-15/h4-7,15,19H,8-9H2,1-3H3. The average molecular weight is 317 g/mol. The van der Waals surface area contributed by atoms with Crippen molar-refractivity contribution in [2.45, 2.75) is 19.6 Å². The Balaban J connectivity index is 1.93. The fraction of sp³-hybridized carbons (Fsp3) is 0.353. The van der Waals surface area contributed by atoms with E-state index in [2.05, 4.69) is 4.98 Å². The number of aliphatic hydroxyl groups is 1. The number of rotatable bonds is 4. The molecule has 0 spiro atoms. The molecular weight excluding hydrogens is 298 g/mol. The number of fused-ring (bicyclic) bond motifs is 1. The first-order valence-corrected chi connectivity index (χ1v) is 7.29. The molecule has 2 heterocycles. The van der Waals surface area contributed by atoms with Crippen molar-refractivity contribution in [1.82, 2.24) is 4.98 Å². The Morgan fingerprint density at radius 2 is 2.09 bits per heavy atom. The first-order valence-electron chi connectivity index (χ1n) is 7.29. The molecule has 1 aliphatic heterocycles. The number of pyridine rings is 1. The third-order valence-corrected chi connectivity index (χ3v) is 3.79. The summed E-state index contributed by atoms with van der Waals surface area (Å²) in [6, 6.07) is 7.22. The SMILES string of the molecule is COc1ccc(C2COc3cc(CO)cc(OC)c3O2)c(C)n1. The summed E-state index contributed by atoms with van der Waals surface area (Å²) in [5, 5.41) is 9.30. The Labute approximate surface area is 134 Å². The average Bonchev–Trinajstić information content (AvgIpc) is 2.60. The van der Waals surface area contributed by atoms with Crippen molar-refractivity contribution in [3.05, 3.63) is 41.1 Å². The highest BCUT2D eigenvalue weighted by Crippen LogP contribution is 2.44. The van der Waals surface area contributed by atoms with Crippen LogP contribution in [0.4, 0.5) is 0 Å². The minimum absolute atomic E-state index is 0.0854. The molecule has 122 valence electrons. The quantitative estimate of drug-likeness (QED) is 0.934. The van der Waals surface area contributed by atoms with Gasteiger partial charge in [-0.05, 0) is 30.7 Å². The molecule has 0 fully saturated rings. The molecule has 0 saturated carbocycles. The number of aromatic nitrogens is 1. The molecule has 1 aromatic carbocycles. The zero-order valence-corrected chi connectivity index (χ0v) is 13.3. The monoisotopic (exact) mass is 317 g/mol. The lowest BCUT2D eigenvalue weighted by molar-refractivity contribution is 0.0859. The second-order valence-corrected chi connectivity index (χ2v) is 5.23. The van der Waals surface area contributed by atoms with Gasteiger partial charge >= 0.3 is 0 Å². The number of benzene rings is 1. The number of hydrogen-bond donors (Lipinski definition) is 1. The lowest BCUT2D eigenvalue weighted by atomic mass is 10.1. The third kappa shape index (κ3) is 2.90. The summed E-state index contributed by atoms with van der Waals surface area (Å²) >= 11 is 0. The van der Waals surface area contributed by atoms with Gasteiger partial charge in [0.05, 0.1) is 20.8 Å². The predicted octanol–water partition coefficient (Wildman–Crippen LogP) is 2.41. The second kappa shape index (κ2) is 6.34. The van der Waals surface area contributed by atoms with Crippen LogP contribution in [0.15, 0.2) is 24.3 Å². The molecule has 1 aromatic heterocycles. The molecule has 1 aliphatic rings. The van der Waals surface area contributed by atoms with Gasteiger partial charge in [0.15, 0.2) is 17.6 Å². The second-order valence-electron chi connectivity index (χ2n) is 5.23. The van der Waals surface area contributed by atoms with Gasteiger partial charge in [-0.1, -0.05) is 0 Å². The summed E-state index contributed by atoms with van der Waals surface area (Å²) in [5.41, 5.74) is 2.47. The summed E-state index contributed by atoms with van der Waals surface area (Å²) < 4.78 is 22.4. The highest BCUT2D eigenvalue weighted by Gasteiger charge is 2.28. The van der Waals surface area contributed by atoms with E-state index in [-0.39, 0.29) is 12.7 Å². The van der Waals surface area contributed by atoms with E-state index in [1.807, 2.05) is 13.0 Å². The van der Waals surface area contributed by atoms with Crippen LogP contribution in [0.5, 0.6) is 23.1 Å². The first kappa shape index (κ1) is 15.4. The molecule has 1 atom stereocenters. The van der Waals surface area contributed by atoms with E-state index in [4.69, 9.17) is 18.9 Å². The van der Waals surface area contributed by atoms with Crippen LogP contribution in [-0.2, 0) is 6.61 Å². The molecule has 23 heavy (non-hydrogen) atoms. The number of hydrogen-bond acceptors (Lipinski definition) is 6. The van der Waals surface area contributed by atoms with Crippen LogP contribution in [0.1, 0.15) is 22.9 Å². The van der Waals surface area contributed by atoms with Gasteiger partial charge in [0.2, 0.25) is 11.6 Å². The summed E-state index contributed by atoms with van der Waals surface area (Å²) in [7, 11) is 3.14. The fourth-order valence-electron chi connectivity index (χ4n) is 2.60. The van der Waals surface area contributed by atoms with E-state index in [1.54, 1.807) is 32.4 Å². The highest BCUT2D eigenvalue weighted by molar-refractivity contribution is 5.55. The fourth-order valence-corrected chi connectivity index (χ4v) is 2.60. The van der Waals surface area contributed by atoms with Gasteiger partial charge in [0.1, 0.15) is 6.61 Å². The molecule has 1 unspecified atom stereocenters. The lowest BCUT2D eigenvalue weighted by Crippen LogP contribution is -2.23. The number of nitrogens with zero attached hydrogens (tertiary/aromatic N) is 1. The summed E-state index contributed by atoms with van der Waals surface area (Å²) in [5.74, 6) is 2.21. The Bertz CT molecular complexity index is 699. The van der Waals surface area contributed by atoms with Gasteiger partial charge in [-0.25, -0.2) is 4.98 Å². The minimum atomic E-state index is -0.283. The van der Waals surface area contributed by atoms with Gasteiger partial charge < -0.3 is 24.1 Å². The van der Waals surface area contributed by atoms with Crippen LogP contribution in [0.3, 0.4) is 0 Å². The summed E-state index contributed by atoms with van der Waals surface area (Å²) in [6.45, 7) is 2.18. The topological polar surface area (TPSA) is 70.0 Å². The smallest absolute Gasteiger partial charge is 0.213 e. The number of aliphatic hydroxyl groups excluding tert-OH is 1. The van der Waals surface area contributed by atoms with Crippen LogP contribution < -0.4 is 18.9 Å². The van der Waals surface area contributed by atoms with Gasteiger partial charge in [-0.15, -0.1) is 0 Å². The number of methoxy groups -OCH3 is 2. The van der Waals surface area contributed by atoms with Crippen molar-refractivity contribution in [2.75, 3.05) is 20.8 Å². The maximum atomic E-state index is 9.30. The molecule has 0 radical (unpaired) electrons. The van der Waals surface area contributed by atoms with Crippen LogP contribution in [0, 0.1) is 6.92 Å². The third-order valence-electron chi connectivity index (χ3n) is 3.79. The van der Waals surface area contributed by atoms with Crippen molar-refractivity contribution >= 4 is 0 Å². The Hall–Kier alpha value is -2.47. The molecule has 6 heteroatoms. The Kier molecular flexibility index (Phi) is 4.25. The van der Waals surface area contributed by atoms with E-state index >= 15 is 0 Å². The van der Waals surface area contributed by atoms with Crippen molar-refractivity contribution in [1.29, 1.82) is 0 Å². The number of ether oxygens (including phenoxy) is 4. The van der Waals surface area contributed by atoms with Crippen molar-refractivity contribution < 1.29 is 24.1 Å². The van der Waals surface area contributed by atoms with Gasteiger partial charge in [-0.3, -0.25) is 0 Å². The molecular formula is C17H19NO5. The van der Waals surface area contributed by atoms with Crippen molar-refractivity contribution in [3.8, 4) is 23.1 Å². The maximum absolute atomic E-state index is 9.30. The van der Waals surface area contributed by atoms with E-state index in [0.29, 0.717) is 35.3 Å². The summed E-state index contributed by atoms with van der Waals surface area (Å²) in [4.78, 5) is 4.37. The molecule has 3 rings (SSSR count). The molecule has 0 aliphatic carbocycles. The molecule has 0 saturated heterocycles. The largest absolute Gasteiger partial charge is 0.493 e. The van der Waals surface area contributed by atoms with Crippen LogP contribution in [0.25, 0.3) is 0 Å². The van der Waals surface area contributed by atoms with E-state index < -0.39 is 0 Å². The molecule has 1 N–H and O–H groups in total. The normalized spacial score (nSPS) is 16.1. The van der Waals surface area contributed by atoms with Crippen LogP contribution >= 0.6 is 0 Å². The summed E-state index contributed by atoms with van der Waals surface area (Å²) in [6.07, 6.45) is -0.283. The molecule has 2 aromatic rings. The van der Waals surface area contributed by atoms with E-state index in [9.17, 15) is 5.11 Å². The first-order chi connectivity index (χ1) is 11.2. The Morgan fingerprint density at radius 3 is 2.74 bits per heavy atom. The maximum Gasteiger partial charge on any atom is 0.213 e. The zero-order chi connectivity index (χ0) is 16.4. The molecule has 0 amide bonds. The van der Waals surface area contributed by atoms with Gasteiger partial charge in [0, 0.05) is 17.3 Å². The van der Waals surface area contributed by atoms with Crippen LogP contribution in [-0.4, -0.2) is 30.9 Å². The zero-order valence-electron chi connectivity index (χ0n) is 13.3. The van der Waals surface area contributed by atoms with Gasteiger partial charge in [0.25, 0.3) is 0 Å².